The van der Waals surface area contributed by atoms with E-state index < -0.39 is 21.4 Å². The Morgan fingerprint density at radius 2 is 1.67 bits per heavy atom. The van der Waals surface area contributed by atoms with Gasteiger partial charge in [0.2, 0.25) is 10.0 Å². The van der Waals surface area contributed by atoms with Crippen molar-refractivity contribution in [2.75, 3.05) is 0 Å². The van der Waals surface area contributed by atoms with E-state index in [2.05, 4.69) is 4.72 Å². The van der Waals surface area contributed by atoms with Crippen LogP contribution in [-0.2, 0) is 10.0 Å². The fraction of sp³-hybridized carbons (Fsp3) is 1.00. The number of hydrogen-bond acceptors (Lipinski definition) is 3. The maximum atomic E-state index is 12.3. The third-order valence-electron chi connectivity index (χ3n) is 4.45. The highest BCUT2D eigenvalue weighted by molar-refractivity contribution is 7.90. The molecule has 0 aromatic heterocycles. The van der Waals surface area contributed by atoms with Crippen LogP contribution >= 0.6 is 0 Å². The average Bonchev–Trinajstić information content (AvgIpc) is 2.33. The highest BCUT2D eigenvalue weighted by Gasteiger charge is 2.39. The van der Waals surface area contributed by atoms with Gasteiger partial charge >= 0.3 is 0 Å². The summed E-state index contributed by atoms with van der Waals surface area (Å²) in [6, 6.07) is 0.0909. The van der Waals surface area contributed by atoms with Gasteiger partial charge in [0, 0.05) is 6.04 Å². The molecule has 0 aromatic rings. The van der Waals surface area contributed by atoms with E-state index in [4.69, 9.17) is 0 Å². The zero-order valence-corrected chi connectivity index (χ0v) is 12.0. The second-order valence-electron chi connectivity index (χ2n) is 5.94. The molecule has 4 nitrogen and oxygen atoms in total. The van der Waals surface area contributed by atoms with Crippen LogP contribution in [0.3, 0.4) is 0 Å². The maximum absolute atomic E-state index is 12.3. The van der Waals surface area contributed by atoms with Crippen LogP contribution in [-0.4, -0.2) is 30.9 Å². The molecule has 106 valence electrons. The van der Waals surface area contributed by atoms with Gasteiger partial charge in [-0.1, -0.05) is 32.6 Å². The molecule has 2 N–H and O–H groups in total. The molecule has 3 atom stereocenters. The minimum Gasteiger partial charge on any atom is -0.391 e. The predicted octanol–water partition coefficient (Wildman–Crippen LogP) is 1.79. The molecular weight excluding hydrogens is 250 g/mol. The lowest BCUT2D eigenvalue weighted by Gasteiger charge is -2.34. The first-order valence-electron chi connectivity index (χ1n) is 7.20. The zero-order chi connectivity index (χ0) is 13.2. The Morgan fingerprint density at radius 1 is 1.00 bits per heavy atom. The quantitative estimate of drug-likeness (QED) is 0.825. The molecule has 0 radical (unpaired) electrons. The number of rotatable bonds is 3. The smallest absolute Gasteiger partial charge is 0.217 e. The standard InChI is InChI=1S/C13H25NO3S/c1-10-6-5-9-12(13(10)15)18(16,17)14-11-7-3-2-4-8-11/h10-15H,2-9H2,1H3. The maximum Gasteiger partial charge on any atom is 0.217 e. The van der Waals surface area contributed by atoms with Gasteiger partial charge in [-0.15, -0.1) is 0 Å². The van der Waals surface area contributed by atoms with Gasteiger partial charge < -0.3 is 5.11 Å². The number of sulfonamides is 1. The Balaban J connectivity index is 2.00. The van der Waals surface area contributed by atoms with Gasteiger partial charge in [0.15, 0.2) is 0 Å². The molecular formula is C13H25NO3S. The fourth-order valence-electron chi connectivity index (χ4n) is 3.23. The summed E-state index contributed by atoms with van der Waals surface area (Å²) in [6.45, 7) is 1.94. The molecule has 0 bridgehead atoms. The van der Waals surface area contributed by atoms with E-state index in [0.29, 0.717) is 6.42 Å². The van der Waals surface area contributed by atoms with E-state index in [9.17, 15) is 13.5 Å². The van der Waals surface area contributed by atoms with Gasteiger partial charge in [-0.2, -0.15) is 0 Å². The molecule has 0 spiro atoms. The summed E-state index contributed by atoms with van der Waals surface area (Å²) in [5.74, 6) is 0.0895. The zero-order valence-electron chi connectivity index (χ0n) is 11.1. The van der Waals surface area contributed by atoms with Crippen molar-refractivity contribution in [3.63, 3.8) is 0 Å². The topological polar surface area (TPSA) is 66.4 Å². The van der Waals surface area contributed by atoms with Crippen molar-refractivity contribution < 1.29 is 13.5 Å². The second kappa shape index (κ2) is 5.88. The monoisotopic (exact) mass is 275 g/mol. The molecule has 0 amide bonds. The molecule has 2 fully saturated rings. The van der Waals surface area contributed by atoms with Crippen molar-refractivity contribution in [1.82, 2.24) is 4.72 Å². The van der Waals surface area contributed by atoms with Crippen molar-refractivity contribution in [1.29, 1.82) is 0 Å². The first-order chi connectivity index (χ1) is 8.50. The van der Waals surface area contributed by atoms with E-state index in [1.807, 2.05) is 6.92 Å². The molecule has 3 unspecified atom stereocenters. The second-order valence-corrected chi connectivity index (χ2v) is 7.87. The van der Waals surface area contributed by atoms with Gasteiger partial charge in [0.25, 0.3) is 0 Å². The van der Waals surface area contributed by atoms with Crippen LogP contribution in [0, 0.1) is 5.92 Å². The van der Waals surface area contributed by atoms with Crippen molar-refractivity contribution in [3.05, 3.63) is 0 Å². The van der Waals surface area contributed by atoms with Crippen LogP contribution in [0.5, 0.6) is 0 Å². The van der Waals surface area contributed by atoms with Crippen molar-refractivity contribution in [3.8, 4) is 0 Å². The van der Waals surface area contributed by atoms with Crippen LogP contribution in [0.4, 0.5) is 0 Å². The van der Waals surface area contributed by atoms with E-state index in [1.54, 1.807) is 0 Å². The van der Waals surface area contributed by atoms with E-state index in [0.717, 1.165) is 38.5 Å². The summed E-state index contributed by atoms with van der Waals surface area (Å²) in [5.41, 5.74) is 0. The van der Waals surface area contributed by atoms with Gasteiger partial charge in [0.05, 0.1) is 6.10 Å². The van der Waals surface area contributed by atoms with Gasteiger partial charge in [-0.25, -0.2) is 13.1 Å². The van der Waals surface area contributed by atoms with Crippen LogP contribution < -0.4 is 4.72 Å². The van der Waals surface area contributed by atoms with Crippen LogP contribution in [0.15, 0.2) is 0 Å². The molecule has 0 saturated heterocycles. The Kier molecular flexibility index (Phi) is 4.67. The largest absolute Gasteiger partial charge is 0.391 e. The molecule has 18 heavy (non-hydrogen) atoms. The predicted molar refractivity (Wildman–Crippen MR) is 71.7 cm³/mol. The Morgan fingerprint density at radius 3 is 2.33 bits per heavy atom. The number of hydrogen-bond donors (Lipinski definition) is 2. The minimum atomic E-state index is -3.37. The molecule has 0 aromatic carbocycles. The lowest BCUT2D eigenvalue weighted by Crippen LogP contribution is -2.49. The van der Waals surface area contributed by atoms with Crippen LogP contribution in [0.2, 0.25) is 0 Å². The van der Waals surface area contributed by atoms with Gasteiger partial charge in [-0.3, -0.25) is 0 Å². The third-order valence-corrected chi connectivity index (χ3v) is 6.42. The summed E-state index contributed by atoms with van der Waals surface area (Å²) in [4.78, 5) is 0. The summed E-state index contributed by atoms with van der Waals surface area (Å²) in [7, 11) is -3.37. The number of nitrogens with one attached hydrogen (secondary N) is 1. The molecule has 0 aliphatic heterocycles. The van der Waals surface area contributed by atoms with E-state index in [1.165, 1.54) is 6.42 Å². The minimum absolute atomic E-state index is 0.0895. The average molecular weight is 275 g/mol. The number of aliphatic hydroxyl groups is 1. The van der Waals surface area contributed by atoms with Gasteiger partial charge in [-0.05, 0) is 31.6 Å². The highest BCUT2D eigenvalue weighted by atomic mass is 32.2. The molecule has 2 aliphatic rings. The Bertz CT molecular complexity index is 362. The van der Waals surface area contributed by atoms with Crippen LogP contribution in [0.25, 0.3) is 0 Å². The molecule has 2 aliphatic carbocycles. The van der Waals surface area contributed by atoms with Crippen LogP contribution in [0.1, 0.15) is 58.3 Å². The van der Waals surface area contributed by atoms with E-state index in [-0.39, 0.29) is 12.0 Å². The normalized spacial score (nSPS) is 35.6. The van der Waals surface area contributed by atoms with Gasteiger partial charge in [0.1, 0.15) is 5.25 Å². The number of aliphatic hydroxyl groups excluding tert-OH is 1. The van der Waals surface area contributed by atoms with Crippen molar-refractivity contribution >= 4 is 10.0 Å². The Hall–Kier alpha value is -0.130. The SMILES string of the molecule is CC1CCCC(S(=O)(=O)NC2CCCCC2)C1O. The Labute approximate surface area is 110 Å². The van der Waals surface area contributed by atoms with Crippen molar-refractivity contribution in [2.24, 2.45) is 5.92 Å². The summed E-state index contributed by atoms with van der Waals surface area (Å²) in [6.07, 6.45) is 7.02. The fourth-order valence-corrected chi connectivity index (χ4v) is 5.22. The highest BCUT2D eigenvalue weighted by Crippen LogP contribution is 2.29. The van der Waals surface area contributed by atoms with E-state index >= 15 is 0 Å². The molecule has 2 saturated carbocycles. The molecule has 5 heteroatoms. The molecule has 0 heterocycles. The third kappa shape index (κ3) is 3.25. The van der Waals surface area contributed by atoms with Crippen molar-refractivity contribution in [2.45, 2.75) is 75.7 Å². The first kappa shape index (κ1) is 14.3. The molecule has 2 rings (SSSR count). The lowest BCUT2D eigenvalue weighted by atomic mass is 9.88. The first-order valence-corrected chi connectivity index (χ1v) is 8.74. The summed E-state index contributed by atoms with van der Waals surface area (Å²) in [5, 5.41) is 9.48. The lowest BCUT2D eigenvalue weighted by molar-refractivity contribution is 0.0819. The summed E-state index contributed by atoms with van der Waals surface area (Å²) >= 11 is 0. The summed E-state index contributed by atoms with van der Waals surface area (Å²) < 4.78 is 27.5.